The largest absolute Gasteiger partial charge is 0.497 e. The highest BCUT2D eigenvalue weighted by molar-refractivity contribution is 7.22. The number of carbonyl (C=O) groups excluding carboxylic acids is 1. The van der Waals surface area contributed by atoms with Gasteiger partial charge in [-0.2, -0.15) is 0 Å². The van der Waals surface area contributed by atoms with Crippen LogP contribution in [0.4, 0.5) is 9.93 Å². The van der Waals surface area contributed by atoms with Crippen molar-refractivity contribution >= 4 is 44.1 Å². The Morgan fingerprint density at radius 1 is 1.39 bits per heavy atom. The van der Waals surface area contributed by atoms with Crippen molar-refractivity contribution in [1.82, 2.24) is 14.9 Å². The molecule has 0 unspecified atom stereocenters. The molecule has 120 valence electrons. The summed E-state index contributed by atoms with van der Waals surface area (Å²) >= 11 is 2.97. The van der Waals surface area contributed by atoms with Gasteiger partial charge in [0.2, 0.25) is 0 Å². The summed E-state index contributed by atoms with van der Waals surface area (Å²) in [6.07, 6.45) is 0. The monoisotopic (exact) mass is 348 g/mol. The second-order valence-corrected chi connectivity index (χ2v) is 6.99. The van der Waals surface area contributed by atoms with Gasteiger partial charge in [-0.3, -0.25) is 5.32 Å². The van der Waals surface area contributed by atoms with Gasteiger partial charge in [-0.05, 0) is 25.1 Å². The van der Waals surface area contributed by atoms with E-state index >= 15 is 0 Å². The third-order valence-electron chi connectivity index (χ3n) is 3.20. The highest BCUT2D eigenvalue weighted by atomic mass is 32.1. The molecule has 0 atom stereocenters. The average Bonchev–Trinajstić information content (AvgIpc) is 3.11. The minimum atomic E-state index is -0.205. The zero-order valence-electron chi connectivity index (χ0n) is 13.0. The molecule has 0 saturated carbocycles. The predicted molar refractivity (Wildman–Crippen MR) is 93.5 cm³/mol. The Morgan fingerprint density at radius 3 is 2.91 bits per heavy atom. The van der Waals surface area contributed by atoms with Crippen molar-refractivity contribution in [2.75, 3.05) is 19.5 Å². The molecule has 3 rings (SSSR count). The molecule has 1 aromatic carbocycles. The highest BCUT2D eigenvalue weighted by Gasteiger charge is 2.14. The molecular weight excluding hydrogens is 332 g/mol. The molecule has 0 aliphatic carbocycles. The number of rotatable bonds is 4. The number of fused-ring (bicyclic) bond motifs is 1. The number of urea groups is 1. The summed E-state index contributed by atoms with van der Waals surface area (Å²) in [7, 11) is 3.36. The maximum atomic E-state index is 12.3. The Hall–Kier alpha value is -2.19. The fraction of sp³-hybridized carbons (Fsp3) is 0.267. The van der Waals surface area contributed by atoms with Crippen molar-refractivity contribution in [3.63, 3.8) is 0 Å². The number of anilines is 1. The van der Waals surface area contributed by atoms with Gasteiger partial charge in [0.05, 0.1) is 23.9 Å². The molecule has 0 aliphatic heterocycles. The quantitative estimate of drug-likeness (QED) is 0.780. The van der Waals surface area contributed by atoms with Crippen LogP contribution in [0.5, 0.6) is 5.75 Å². The molecule has 2 amide bonds. The lowest BCUT2D eigenvalue weighted by atomic mass is 10.3. The molecule has 0 spiro atoms. The van der Waals surface area contributed by atoms with Crippen LogP contribution < -0.4 is 10.1 Å². The summed E-state index contributed by atoms with van der Waals surface area (Å²) < 4.78 is 6.17. The first kappa shape index (κ1) is 15.7. The number of aromatic nitrogens is 2. The van der Waals surface area contributed by atoms with Crippen molar-refractivity contribution in [3.05, 3.63) is 34.3 Å². The first-order valence-electron chi connectivity index (χ1n) is 6.93. The van der Waals surface area contributed by atoms with Crippen LogP contribution in [0.2, 0.25) is 0 Å². The summed E-state index contributed by atoms with van der Waals surface area (Å²) in [6.45, 7) is 2.42. The number of aryl methyl sites for hydroxylation is 1. The zero-order valence-corrected chi connectivity index (χ0v) is 14.6. The Bertz CT molecular complexity index is 843. The van der Waals surface area contributed by atoms with E-state index in [2.05, 4.69) is 15.3 Å². The molecule has 1 N–H and O–H groups in total. The summed E-state index contributed by atoms with van der Waals surface area (Å²) in [5.74, 6) is 0.773. The summed E-state index contributed by atoms with van der Waals surface area (Å²) in [5.41, 5.74) is 1.81. The predicted octanol–water partition coefficient (Wildman–Crippen LogP) is 3.73. The SMILES string of the molecule is COc1ccc2nc(NC(=O)N(C)Cc3nc(C)cs3)sc2c1. The molecule has 0 saturated heterocycles. The fourth-order valence-electron chi connectivity index (χ4n) is 2.02. The van der Waals surface area contributed by atoms with E-state index in [1.807, 2.05) is 30.5 Å². The number of hydrogen-bond acceptors (Lipinski definition) is 6. The number of hydrogen-bond donors (Lipinski definition) is 1. The van der Waals surface area contributed by atoms with E-state index in [0.29, 0.717) is 11.7 Å². The van der Waals surface area contributed by atoms with Gasteiger partial charge in [-0.1, -0.05) is 11.3 Å². The molecule has 23 heavy (non-hydrogen) atoms. The summed E-state index contributed by atoms with van der Waals surface area (Å²) in [5, 5.41) is 6.28. The number of amides is 2. The minimum Gasteiger partial charge on any atom is -0.497 e. The summed E-state index contributed by atoms with van der Waals surface area (Å²) in [4.78, 5) is 22.6. The number of nitrogens with zero attached hydrogens (tertiary/aromatic N) is 3. The third kappa shape index (κ3) is 3.59. The van der Waals surface area contributed by atoms with Gasteiger partial charge in [0, 0.05) is 18.1 Å². The van der Waals surface area contributed by atoms with E-state index in [-0.39, 0.29) is 6.03 Å². The maximum absolute atomic E-state index is 12.3. The Labute approximate surface area is 141 Å². The molecule has 8 heteroatoms. The van der Waals surface area contributed by atoms with Crippen molar-refractivity contribution in [1.29, 1.82) is 0 Å². The van der Waals surface area contributed by atoms with Crippen LogP contribution in [0.15, 0.2) is 23.6 Å². The Morgan fingerprint density at radius 2 is 2.22 bits per heavy atom. The lowest BCUT2D eigenvalue weighted by molar-refractivity contribution is 0.220. The average molecular weight is 348 g/mol. The first-order valence-corrected chi connectivity index (χ1v) is 8.62. The zero-order chi connectivity index (χ0) is 16.4. The van der Waals surface area contributed by atoms with E-state index in [9.17, 15) is 4.79 Å². The van der Waals surface area contributed by atoms with E-state index in [4.69, 9.17) is 4.74 Å². The standard InChI is InChI=1S/C15H16N4O2S2/c1-9-8-22-13(16-9)7-19(2)15(20)18-14-17-11-5-4-10(21-3)6-12(11)23-14/h4-6,8H,7H2,1-3H3,(H,17,18,20). The van der Waals surface area contributed by atoms with Gasteiger partial charge in [-0.25, -0.2) is 14.8 Å². The third-order valence-corrected chi connectivity index (χ3v) is 5.08. The molecule has 0 fully saturated rings. The van der Waals surface area contributed by atoms with Gasteiger partial charge >= 0.3 is 6.03 Å². The van der Waals surface area contributed by atoms with Gasteiger partial charge in [0.15, 0.2) is 5.13 Å². The van der Waals surface area contributed by atoms with Crippen LogP contribution in [0.25, 0.3) is 10.2 Å². The van der Waals surface area contributed by atoms with E-state index in [1.165, 1.54) is 11.3 Å². The number of methoxy groups -OCH3 is 1. The lowest BCUT2D eigenvalue weighted by Crippen LogP contribution is -2.30. The van der Waals surface area contributed by atoms with Crippen molar-refractivity contribution < 1.29 is 9.53 Å². The van der Waals surface area contributed by atoms with Gasteiger partial charge in [0.25, 0.3) is 0 Å². The molecule has 3 aromatic rings. The highest BCUT2D eigenvalue weighted by Crippen LogP contribution is 2.29. The smallest absolute Gasteiger partial charge is 0.323 e. The number of nitrogens with one attached hydrogen (secondary N) is 1. The molecule has 2 aromatic heterocycles. The van der Waals surface area contributed by atoms with Gasteiger partial charge < -0.3 is 9.64 Å². The second kappa shape index (κ2) is 6.51. The van der Waals surface area contributed by atoms with Crippen LogP contribution in [-0.4, -0.2) is 35.1 Å². The minimum absolute atomic E-state index is 0.205. The maximum Gasteiger partial charge on any atom is 0.323 e. The van der Waals surface area contributed by atoms with E-state index in [0.717, 1.165) is 26.7 Å². The molecule has 0 aliphatic rings. The molecular formula is C15H16N4O2S2. The molecule has 2 heterocycles. The first-order chi connectivity index (χ1) is 11.0. The van der Waals surface area contributed by atoms with Crippen molar-refractivity contribution in [2.24, 2.45) is 0 Å². The van der Waals surface area contributed by atoms with Crippen LogP contribution in [-0.2, 0) is 6.54 Å². The number of ether oxygens (including phenoxy) is 1. The van der Waals surface area contributed by atoms with Crippen molar-refractivity contribution in [2.45, 2.75) is 13.5 Å². The normalized spacial score (nSPS) is 10.7. The molecule has 0 bridgehead atoms. The van der Waals surface area contributed by atoms with Crippen LogP contribution in [0, 0.1) is 6.92 Å². The van der Waals surface area contributed by atoms with Gasteiger partial charge in [-0.15, -0.1) is 11.3 Å². The lowest BCUT2D eigenvalue weighted by Gasteiger charge is -2.15. The van der Waals surface area contributed by atoms with Crippen LogP contribution in [0.3, 0.4) is 0 Å². The molecule has 6 nitrogen and oxygen atoms in total. The van der Waals surface area contributed by atoms with Crippen LogP contribution >= 0.6 is 22.7 Å². The second-order valence-electron chi connectivity index (χ2n) is 5.02. The van der Waals surface area contributed by atoms with Crippen LogP contribution in [0.1, 0.15) is 10.7 Å². The van der Waals surface area contributed by atoms with Crippen molar-refractivity contribution in [3.8, 4) is 5.75 Å². The number of carbonyl (C=O) groups is 1. The number of thiazole rings is 2. The Balaban J connectivity index is 1.69. The van der Waals surface area contributed by atoms with E-state index < -0.39 is 0 Å². The topological polar surface area (TPSA) is 67.3 Å². The Kier molecular flexibility index (Phi) is 4.44. The van der Waals surface area contributed by atoms with Gasteiger partial charge in [0.1, 0.15) is 10.8 Å². The number of benzene rings is 1. The molecule has 0 radical (unpaired) electrons. The fourth-order valence-corrected chi connectivity index (χ4v) is 3.73. The van der Waals surface area contributed by atoms with E-state index in [1.54, 1.807) is 30.4 Å². The summed E-state index contributed by atoms with van der Waals surface area (Å²) in [6, 6.07) is 5.43.